The zero-order valence-electron chi connectivity index (χ0n) is 12.4. The fraction of sp³-hybridized carbons (Fsp3) is 0.294. The molecule has 0 radical (unpaired) electrons. The third kappa shape index (κ3) is 2.91. The Balaban J connectivity index is 1.95. The second-order valence-electron chi connectivity index (χ2n) is 5.64. The Labute approximate surface area is 136 Å². The van der Waals surface area contributed by atoms with Crippen LogP contribution in [-0.4, -0.2) is 19.3 Å². The molecular weight excluding hydrogens is 318 g/mol. The van der Waals surface area contributed by atoms with E-state index >= 15 is 0 Å². The molecule has 116 valence electrons. The van der Waals surface area contributed by atoms with Crippen LogP contribution >= 0.6 is 11.6 Å². The van der Waals surface area contributed by atoms with Crippen molar-refractivity contribution in [2.24, 2.45) is 0 Å². The Morgan fingerprint density at radius 2 is 1.68 bits per heavy atom. The molecule has 0 aromatic heterocycles. The molecule has 0 aliphatic carbocycles. The molecule has 0 spiro atoms. The standard InChI is InChI=1S/C17H18ClNO2S/c1-13-4-6-14(7-5-13)17-3-2-12-19(17)22(20,21)16-10-8-15(18)9-11-16/h4-11,17H,2-3,12H2,1H3/t17-/m0/s1. The molecule has 2 aromatic rings. The van der Waals surface area contributed by atoms with Crippen LogP contribution in [0, 0.1) is 6.92 Å². The van der Waals surface area contributed by atoms with Crippen LogP contribution in [0.5, 0.6) is 0 Å². The summed E-state index contributed by atoms with van der Waals surface area (Å²) in [6.45, 7) is 2.59. The first kappa shape index (κ1) is 15.5. The molecule has 0 N–H and O–H groups in total. The Morgan fingerprint density at radius 3 is 2.32 bits per heavy atom. The summed E-state index contributed by atoms with van der Waals surface area (Å²) in [6.07, 6.45) is 1.74. The predicted octanol–water partition coefficient (Wildman–Crippen LogP) is 4.17. The van der Waals surface area contributed by atoms with Crippen molar-refractivity contribution in [2.45, 2.75) is 30.7 Å². The van der Waals surface area contributed by atoms with E-state index in [1.54, 1.807) is 28.6 Å². The summed E-state index contributed by atoms with van der Waals surface area (Å²) in [4.78, 5) is 0.302. The third-order valence-electron chi connectivity index (χ3n) is 4.09. The largest absolute Gasteiger partial charge is 0.243 e. The van der Waals surface area contributed by atoms with Gasteiger partial charge in [0, 0.05) is 11.6 Å². The molecule has 3 rings (SSSR count). The number of halogens is 1. The zero-order chi connectivity index (χ0) is 15.7. The number of sulfonamides is 1. The van der Waals surface area contributed by atoms with Crippen molar-refractivity contribution in [1.29, 1.82) is 0 Å². The first-order chi connectivity index (χ1) is 10.5. The van der Waals surface area contributed by atoms with E-state index in [4.69, 9.17) is 11.6 Å². The lowest BCUT2D eigenvalue weighted by Gasteiger charge is -2.24. The minimum atomic E-state index is -3.49. The fourth-order valence-electron chi connectivity index (χ4n) is 2.89. The van der Waals surface area contributed by atoms with Gasteiger partial charge in [0.1, 0.15) is 0 Å². The molecule has 0 unspecified atom stereocenters. The quantitative estimate of drug-likeness (QED) is 0.844. The van der Waals surface area contributed by atoms with Gasteiger partial charge in [0.15, 0.2) is 0 Å². The van der Waals surface area contributed by atoms with Crippen molar-refractivity contribution in [2.75, 3.05) is 6.54 Å². The third-order valence-corrected chi connectivity index (χ3v) is 6.26. The average Bonchev–Trinajstić information content (AvgIpc) is 2.99. The van der Waals surface area contributed by atoms with Crippen molar-refractivity contribution in [3.63, 3.8) is 0 Å². The summed E-state index contributed by atoms with van der Waals surface area (Å²) < 4.78 is 27.4. The van der Waals surface area contributed by atoms with Crippen LogP contribution in [0.2, 0.25) is 5.02 Å². The fourth-order valence-corrected chi connectivity index (χ4v) is 4.70. The Hall–Kier alpha value is -1.36. The van der Waals surface area contributed by atoms with Crippen LogP contribution in [0.25, 0.3) is 0 Å². The average molecular weight is 336 g/mol. The normalized spacial score (nSPS) is 19.5. The number of aryl methyl sites for hydroxylation is 1. The highest BCUT2D eigenvalue weighted by Gasteiger charge is 2.35. The second-order valence-corrected chi connectivity index (χ2v) is 7.97. The predicted molar refractivity (Wildman–Crippen MR) is 88.5 cm³/mol. The van der Waals surface area contributed by atoms with E-state index in [-0.39, 0.29) is 6.04 Å². The zero-order valence-corrected chi connectivity index (χ0v) is 13.9. The van der Waals surface area contributed by atoms with Crippen molar-refractivity contribution < 1.29 is 8.42 Å². The van der Waals surface area contributed by atoms with Gasteiger partial charge in [0.25, 0.3) is 0 Å². The van der Waals surface area contributed by atoms with Crippen LogP contribution in [0.1, 0.15) is 30.0 Å². The van der Waals surface area contributed by atoms with Crippen LogP contribution in [-0.2, 0) is 10.0 Å². The molecule has 5 heteroatoms. The van der Waals surface area contributed by atoms with E-state index in [1.807, 2.05) is 31.2 Å². The maximum Gasteiger partial charge on any atom is 0.243 e. The lowest BCUT2D eigenvalue weighted by molar-refractivity contribution is 0.396. The smallest absolute Gasteiger partial charge is 0.207 e. The first-order valence-corrected chi connectivity index (χ1v) is 9.14. The minimum Gasteiger partial charge on any atom is -0.207 e. The van der Waals surface area contributed by atoms with Gasteiger partial charge in [-0.25, -0.2) is 8.42 Å². The second kappa shape index (κ2) is 6.03. The molecule has 0 bridgehead atoms. The van der Waals surface area contributed by atoms with Crippen LogP contribution in [0.15, 0.2) is 53.4 Å². The van der Waals surface area contributed by atoms with E-state index in [2.05, 4.69) is 0 Å². The molecular formula is C17H18ClNO2S. The summed E-state index contributed by atoms with van der Waals surface area (Å²) in [6, 6.07) is 14.4. The highest BCUT2D eigenvalue weighted by molar-refractivity contribution is 7.89. The van der Waals surface area contributed by atoms with Crippen molar-refractivity contribution in [3.05, 3.63) is 64.7 Å². The highest BCUT2D eigenvalue weighted by Crippen LogP contribution is 2.36. The Morgan fingerprint density at radius 1 is 1.05 bits per heavy atom. The molecule has 1 atom stereocenters. The summed E-state index contributed by atoms with van der Waals surface area (Å²) in [7, 11) is -3.49. The number of hydrogen-bond acceptors (Lipinski definition) is 2. The molecule has 1 heterocycles. The van der Waals surface area contributed by atoms with Crippen molar-refractivity contribution in [1.82, 2.24) is 4.31 Å². The highest BCUT2D eigenvalue weighted by atomic mass is 35.5. The minimum absolute atomic E-state index is 0.0821. The molecule has 2 aromatic carbocycles. The summed E-state index contributed by atoms with van der Waals surface area (Å²) >= 11 is 5.85. The van der Waals surface area contributed by atoms with Gasteiger partial charge in [-0.3, -0.25) is 0 Å². The number of nitrogens with zero attached hydrogens (tertiary/aromatic N) is 1. The van der Waals surface area contributed by atoms with Crippen molar-refractivity contribution in [3.8, 4) is 0 Å². The summed E-state index contributed by atoms with van der Waals surface area (Å²) in [5.41, 5.74) is 2.23. The lowest BCUT2D eigenvalue weighted by atomic mass is 10.0. The molecule has 3 nitrogen and oxygen atoms in total. The van der Waals surface area contributed by atoms with Gasteiger partial charge in [-0.15, -0.1) is 0 Å². The molecule has 1 fully saturated rings. The summed E-state index contributed by atoms with van der Waals surface area (Å²) in [5.74, 6) is 0. The van der Waals surface area contributed by atoms with Crippen LogP contribution in [0.3, 0.4) is 0 Å². The maximum atomic E-state index is 12.9. The van der Waals surface area contributed by atoms with E-state index in [9.17, 15) is 8.42 Å². The maximum absolute atomic E-state index is 12.9. The topological polar surface area (TPSA) is 37.4 Å². The lowest BCUT2D eigenvalue weighted by Crippen LogP contribution is -2.30. The van der Waals surface area contributed by atoms with Gasteiger partial charge < -0.3 is 0 Å². The summed E-state index contributed by atoms with van der Waals surface area (Å²) in [5, 5.41) is 0.537. The van der Waals surface area contributed by atoms with E-state index in [0.29, 0.717) is 16.5 Å². The number of rotatable bonds is 3. The van der Waals surface area contributed by atoms with E-state index < -0.39 is 10.0 Å². The van der Waals surface area contributed by atoms with Gasteiger partial charge in [-0.05, 0) is 49.6 Å². The molecule has 22 heavy (non-hydrogen) atoms. The SMILES string of the molecule is Cc1ccc([C@@H]2CCCN2S(=O)(=O)c2ccc(Cl)cc2)cc1. The van der Waals surface area contributed by atoms with E-state index in [1.165, 1.54) is 5.56 Å². The monoisotopic (exact) mass is 335 g/mol. The Kier molecular flexibility index (Phi) is 4.26. The first-order valence-electron chi connectivity index (χ1n) is 7.32. The van der Waals surface area contributed by atoms with Gasteiger partial charge >= 0.3 is 0 Å². The van der Waals surface area contributed by atoms with Gasteiger partial charge in [0.05, 0.1) is 10.9 Å². The number of benzene rings is 2. The molecule has 0 amide bonds. The molecule has 1 aliphatic rings. The molecule has 1 saturated heterocycles. The molecule has 0 saturated carbocycles. The van der Waals surface area contributed by atoms with Gasteiger partial charge in [-0.2, -0.15) is 4.31 Å². The van der Waals surface area contributed by atoms with Crippen molar-refractivity contribution >= 4 is 21.6 Å². The number of hydrogen-bond donors (Lipinski definition) is 0. The Bertz CT molecular complexity index is 754. The van der Waals surface area contributed by atoms with E-state index in [0.717, 1.165) is 18.4 Å². The molecule has 1 aliphatic heterocycles. The van der Waals surface area contributed by atoms with Gasteiger partial charge in [0.2, 0.25) is 10.0 Å². The van der Waals surface area contributed by atoms with Crippen LogP contribution in [0.4, 0.5) is 0 Å². The van der Waals surface area contributed by atoms with Crippen LogP contribution < -0.4 is 0 Å². The van der Waals surface area contributed by atoms with Gasteiger partial charge in [-0.1, -0.05) is 41.4 Å².